The summed E-state index contributed by atoms with van der Waals surface area (Å²) in [5, 5.41) is 4.33. The van der Waals surface area contributed by atoms with Crippen molar-refractivity contribution in [1.29, 1.82) is 0 Å². The van der Waals surface area contributed by atoms with E-state index >= 15 is 0 Å². The van der Waals surface area contributed by atoms with Crippen LogP contribution in [-0.4, -0.2) is 15.0 Å². The fraction of sp³-hybridized carbons (Fsp3) is 0.0500. The summed E-state index contributed by atoms with van der Waals surface area (Å²) in [5.74, 6) is 1.83. The van der Waals surface area contributed by atoms with Gasteiger partial charge in [0.05, 0.1) is 0 Å². The molecule has 0 radical (unpaired) electrons. The number of furan rings is 1. The molecule has 306 valence electrons. The number of rotatable bonds is 6. The summed E-state index contributed by atoms with van der Waals surface area (Å²) in [4.78, 5) is 16.0. The Bertz CT molecular complexity index is 3880. The van der Waals surface area contributed by atoms with E-state index in [0.717, 1.165) is 66.3 Å². The molecular formula is C60H39N3OS. The summed E-state index contributed by atoms with van der Waals surface area (Å²) >= 11 is 1.79. The molecule has 13 rings (SSSR count). The molecule has 9 aromatic carbocycles. The Morgan fingerprint density at radius 1 is 0.354 bits per heavy atom. The summed E-state index contributed by atoms with van der Waals surface area (Å²) < 4.78 is 9.04. The third kappa shape index (κ3) is 6.07. The topological polar surface area (TPSA) is 51.8 Å². The predicted octanol–water partition coefficient (Wildman–Crippen LogP) is 16.4. The first-order chi connectivity index (χ1) is 31.9. The molecule has 1 aliphatic rings. The van der Waals surface area contributed by atoms with E-state index in [-0.39, 0.29) is 5.41 Å². The highest BCUT2D eigenvalue weighted by Gasteiger charge is 2.35. The number of nitrogens with zero attached hydrogens (tertiary/aromatic N) is 3. The lowest BCUT2D eigenvalue weighted by Gasteiger charge is -2.21. The summed E-state index contributed by atoms with van der Waals surface area (Å²) in [6.07, 6.45) is 0. The van der Waals surface area contributed by atoms with Crippen LogP contribution < -0.4 is 0 Å². The van der Waals surface area contributed by atoms with Crippen molar-refractivity contribution >= 4 is 53.4 Å². The van der Waals surface area contributed by atoms with E-state index in [0.29, 0.717) is 17.5 Å². The van der Waals surface area contributed by atoms with Gasteiger partial charge in [-0.2, -0.15) is 0 Å². The normalized spacial score (nSPS) is 12.9. The van der Waals surface area contributed by atoms with Gasteiger partial charge in [0.15, 0.2) is 17.5 Å². The third-order valence-electron chi connectivity index (χ3n) is 13.4. The van der Waals surface area contributed by atoms with E-state index in [1.807, 2.05) is 18.2 Å². The molecular weight excluding hydrogens is 811 g/mol. The van der Waals surface area contributed by atoms with Crippen LogP contribution in [0.1, 0.15) is 25.0 Å². The van der Waals surface area contributed by atoms with E-state index in [1.165, 1.54) is 48.2 Å². The molecule has 1 aliphatic carbocycles. The van der Waals surface area contributed by atoms with E-state index < -0.39 is 0 Å². The second-order valence-corrected chi connectivity index (χ2v) is 18.6. The average molecular weight is 850 g/mol. The second kappa shape index (κ2) is 14.5. The van der Waals surface area contributed by atoms with Gasteiger partial charge < -0.3 is 4.42 Å². The van der Waals surface area contributed by atoms with Crippen LogP contribution in [0, 0.1) is 0 Å². The van der Waals surface area contributed by atoms with Crippen LogP contribution in [0.3, 0.4) is 0 Å². The summed E-state index contributed by atoms with van der Waals surface area (Å²) in [7, 11) is 0. The van der Waals surface area contributed by atoms with Gasteiger partial charge in [-0.15, -0.1) is 11.3 Å². The molecule has 0 aliphatic heterocycles. The van der Waals surface area contributed by atoms with Crippen LogP contribution in [0.15, 0.2) is 205 Å². The van der Waals surface area contributed by atoms with E-state index in [4.69, 9.17) is 19.4 Å². The first-order valence-electron chi connectivity index (χ1n) is 22.1. The molecule has 0 saturated heterocycles. The molecule has 0 spiro atoms. The van der Waals surface area contributed by atoms with Crippen molar-refractivity contribution in [1.82, 2.24) is 15.0 Å². The zero-order valence-electron chi connectivity index (χ0n) is 35.7. The minimum absolute atomic E-state index is 0.0290. The van der Waals surface area contributed by atoms with Crippen molar-refractivity contribution < 1.29 is 4.42 Å². The molecule has 0 amide bonds. The standard InChI is InChI=1S/C60H39N3OS/c1-60(2)49-24-8-6-20-43(49)47-34-40(28-30-50(47)60)38-17-10-18-39(32-38)41-29-31-51-48(35-41)55-45(22-12-25-52(55)64-51)58-61-57(42-19-11-16-37(33-42)36-14-4-3-5-15-36)62-59(63-58)46-23-13-27-54-56(46)44-21-7-9-26-53(44)65-54/h3-35H,1-2H3. The lowest BCUT2D eigenvalue weighted by Crippen LogP contribution is -2.14. The number of hydrogen-bond acceptors (Lipinski definition) is 5. The Kier molecular flexibility index (Phi) is 8.39. The van der Waals surface area contributed by atoms with Crippen molar-refractivity contribution in [2.45, 2.75) is 19.3 Å². The number of fused-ring (bicyclic) bond motifs is 9. The minimum Gasteiger partial charge on any atom is -0.456 e. The Morgan fingerprint density at radius 2 is 0.908 bits per heavy atom. The lowest BCUT2D eigenvalue weighted by molar-refractivity contribution is 0.660. The Balaban J connectivity index is 0.969. The van der Waals surface area contributed by atoms with Crippen LogP contribution in [0.4, 0.5) is 0 Å². The summed E-state index contributed by atoms with van der Waals surface area (Å²) in [6, 6.07) is 71.3. The van der Waals surface area contributed by atoms with E-state index in [2.05, 4.69) is 196 Å². The fourth-order valence-corrected chi connectivity index (χ4v) is 11.3. The maximum absolute atomic E-state index is 6.61. The van der Waals surface area contributed by atoms with E-state index in [9.17, 15) is 0 Å². The van der Waals surface area contributed by atoms with Gasteiger partial charge in [-0.3, -0.25) is 0 Å². The molecule has 0 saturated carbocycles. The Labute approximate surface area is 380 Å². The number of benzene rings is 9. The highest BCUT2D eigenvalue weighted by molar-refractivity contribution is 7.25. The maximum atomic E-state index is 6.61. The molecule has 5 heteroatoms. The summed E-state index contributed by atoms with van der Waals surface area (Å²) in [5.41, 5.74) is 16.6. The smallest absolute Gasteiger partial charge is 0.164 e. The fourth-order valence-electron chi connectivity index (χ4n) is 10.1. The highest BCUT2D eigenvalue weighted by atomic mass is 32.1. The molecule has 0 N–H and O–H groups in total. The van der Waals surface area contributed by atoms with Gasteiger partial charge in [0.1, 0.15) is 11.2 Å². The molecule has 0 fully saturated rings. The van der Waals surface area contributed by atoms with Crippen molar-refractivity contribution in [3.8, 4) is 78.7 Å². The molecule has 12 aromatic rings. The van der Waals surface area contributed by atoms with Gasteiger partial charge >= 0.3 is 0 Å². The van der Waals surface area contributed by atoms with Crippen molar-refractivity contribution in [3.63, 3.8) is 0 Å². The Morgan fingerprint density at radius 3 is 1.74 bits per heavy atom. The van der Waals surface area contributed by atoms with Gasteiger partial charge in [-0.25, -0.2) is 15.0 Å². The molecule has 0 unspecified atom stereocenters. The Hall–Kier alpha value is -7.99. The molecule has 0 bridgehead atoms. The molecule has 3 aromatic heterocycles. The lowest BCUT2D eigenvalue weighted by atomic mass is 9.82. The van der Waals surface area contributed by atoms with Crippen molar-refractivity contribution in [2.75, 3.05) is 0 Å². The predicted molar refractivity (Wildman–Crippen MR) is 270 cm³/mol. The van der Waals surface area contributed by atoms with Gasteiger partial charge in [0.2, 0.25) is 0 Å². The molecule has 0 atom stereocenters. The van der Waals surface area contributed by atoms with Crippen LogP contribution >= 0.6 is 11.3 Å². The SMILES string of the molecule is CC1(C)c2ccccc2-c2cc(-c3cccc(-c4ccc5oc6cccc(-c7nc(-c8cccc(-c9ccccc9)c8)nc(-c8cccc9sc%10ccccc%10c89)n7)c6c5c4)c3)ccc21. The number of thiophene rings is 1. The van der Waals surface area contributed by atoms with E-state index in [1.54, 1.807) is 11.3 Å². The first-order valence-corrected chi connectivity index (χ1v) is 22.9. The number of aromatic nitrogens is 3. The third-order valence-corrected chi connectivity index (χ3v) is 14.5. The zero-order valence-corrected chi connectivity index (χ0v) is 36.5. The average Bonchev–Trinajstić information content (AvgIpc) is 4.01. The van der Waals surface area contributed by atoms with Crippen LogP contribution in [0.5, 0.6) is 0 Å². The molecule has 3 heterocycles. The zero-order chi connectivity index (χ0) is 43.2. The largest absolute Gasteiger partial charge is 0.456 e. The highest BCUT2D eigenvalue weighted by Crippen LogP contribution is 2.50. The monoisotopic (exact) mass is 849 g/mol. The van der Waals surface area contributed by atoms with Crippen molar-refractivity contribution in [2.24, 2.45) is 0 Å². The molecule has 4 nitrogen and oxygen atoms in total. The second-order valence-electron chi connectivity index (χ2n) is 17.5. The van der Waals surface area contributed by atoms with Gasteiger partial charge in [-0.1, -0.05) is 166 Å². The number of hydrogen-bond donors (Lipinski definition) is 0. The van der Waals surface area contributed by atoms with Gasteiger partial charge in [-0.05, 0) is 104 Å². The van der Waals surface area contributed by atoms with Crippen LogP contribution in [0.2, 0.25) is 0 Å². The van der Waals surface area contributed by atoms with Gasteiger partial charge in [0, 0.05) is 53.1 Å². The van der Waals surface area contributed by atoms with Crippen LogP contribution in [-0.2, 0) is 5.41 Å². The van der Waals surface area contributed by atoms with Crippen molar-refractivity contribution in [3.05, 3.63) is 211 Å². The first kappa shape index (κ1) is 37.6. The molecule has 65 heavy (non-hydrogen) atoms. The quantitative estimate of drug-likeness (QED) is 0.167. The van der Waals surface area contributed by atoms with Gasteiger partial charge in [0.25, 0.3) is 0 Å². The maximum Gasteiger partial charge on any atom is 0.164 e. The van der Waals surface area contributed by atoms with Crippen LogP contribution in [0.25, 0.3) is 121 Å². The summed E-state index contributed by atoms with van der Waals surface area (Å²) in [6.45, 7) is 4.66. The minimum atomic E-state index is -0.0290.